The number of hydrogen-bond acceptors (Lipinski definition) is 2. The molecule has 0 aliphatic rings. The van der Waals surface area contributed by atoms with Gasteiger partial charge in [0, 0.05) is 0 Å². The van der Waals surface area contributed by atoms with E-state index in [1.54, 1.807) is 12.4 Å². The summed E-state index contributed by atoms with van der Waals surface area (Å²) in [5.41, 5.74) is 0. The third kappa shape index (κ3) is 4.84. The number of hydrogen-bond donors (Lipinski definition) is 0. The zero-order valence-corrected chi connectivity index (χ0v) is 14.0. The molecule has 0 fully saturated rings. The van der Waals surface area contributed by atoms with Crippen LogP contribution in [0.4, 0.5) is 0 Å². The fourth-order valence-electron chi connectivity index (χ4n) is 1.50. The third-order valence-electron chi connectivity index (χ3n) is 2.40. The SMILES string of the molecule is [CH3][Sn]([CH3])([C]#CCn1cccn1)[C]#CCn1cccn1. The average molecular weight is 359 g/mol. The molecular weight excluding hydrogens is 343 g/mol. The fraction of sp³-hybridized carbons (Fsp3) is 0.286. The van der Waals surface area contributed by atoms with Crippen LogP contribution in [0.15, 0.2) is 36.9 Å². The van der Waals surface area contributed by atoms with E-state index >= 15 is 0 Å². The second-order valence-corrected chi connectivity index (χ2v) is 15.3. The molecule has 0 atom stereocenters. The van der Waals surface area contributed by atoms with Gasteiger partial charge in [-0.25, -0.2) is 0 Å². The first-order chi connectivity index (χ1) is 9.16. The molecule has 0 amide bonds. The molecule has 19 heavy (non-hydrogen) atoms. The van der Waals surface area contributed by atoms with E-state index in [0.29, 0.717) is 13.1 Å². The van der Waals surface area contributed by atoms with Gasteiger partial charge in [-0.2, -0.15) is 0 Å². The van der Waals surface area contributed by atoms with Crippen LogP contribution in [0.1, 0.15) is 0 Å². The van der Waals surface area contributed by atoms with Gasteiger partial charge in [0.2, 0.25) is 0 Å². The summed E-state index contributed by atoms with van der Waals surface area (Å²) >= 11 is -2.52. The normalized spacial score (nSPS) is 10.2. The molecule has 2 aromatic rings. The first kappa shape index (κ1) is 13.8. The second-order valence-electron chi connectivity index (χ2n) is 4.64. The maximum atomic E-state index is 4.12. The van der Waals surface area contributed by atoms with Crippen molar-refractivity contribution >= 4 is 18.4 Å². The summed E-state index contributed by atoms with van der Waals surface area (Å²) in [7, 11) is 0. The Morgan fingerprint density at radius 2 is 1.37 bits per heavy atom. The molecule has 0 saturated heterocycles. The van der Waals surface area contributed by atoms with E-state index in [9.17, 15) is 0 Å². The molecule has 0 bridgehead atoms. The van der Waals surface area contributed by atoms with Gasteiger partial charge in [0.25, 0.3) is 0 Å². The molecule has 0 aliphatic carbocycles. The van der Waals surface area contributed by atoms with Crippen molar-refractivity contribution in [1.29, 1.82) is 0 Å². The van der Waals surface area contributed by atoms with Gasteiger partial charge in [-0.1, -0.05) is 0 Å². The van der Waals surface area contributed by atoms with E-state index in [-0.39, 0.29) is 0 Å². The van der Waals surface area contributed by atoms with Gasteiger partial charge >= 0.3 is 118 Å². The molecule has 0 N–H and O–H groups in total. The Kier molecular flexibility index (Phi) is 4.70. The van der Waals surface area contributed by atoms with Crippen molar-refractivity contribution in [1.82, 2.24) is 19.6 Å². The molecule has 2 rings (SSSR count). The zero-order valence-electron chi connectivity index (χ0n) is 11.2. The summed E-state index contributed by atoms with van der Waals surface area (Å²) in [6.45, 7) is 1.29. The van der Waals surface area contributed by atoms with Crippen molar-refractivity contribution in [3.8, 4) is 19.7 Å². The summed E-state index contributed by atoms with van der Waals surface area (Å²) in [4.78, 5) is 4.45. The molecule has 2 heterocycles. The Balaban J connectivity index is 1.91. The van der Waals surface area contributed by atoms with E-state index in [1.165, 1.54) is 0 Å². The van der Waals surface area contributed by atoms with Crippen molar-refractivity contribution in [3.05, 3.63) is 36.9 Å². The number of nitrogens with zero attached hydrogens (tertiary/aromatic N) is 4. The van der Waals surface area contributed by atoms with Gasteiger partial charge in [-0.05, 0) is 0 Å². The zero-order chi connectivity index (χ0) is 13.6. The van der Waals surface area contributed by atoms with E-state index in [2.05, 4.69) is 39.8 Å². The quantitative estimate of drug-likeness (QED) is 0.603. The molecule has 0 saturated carbocycles. The van der Waals surface area contributed by atoms with Gasteiger partial charge < -0.3 is 0 Å². The van der Waals surface area contributed by atoms with Gasteiger partial charge in [0.05, 0.1) is 0 Å². The molecule has 5 heteroatoms. The van der Waals surface area contributed by atoms with Crippen molar-refractivity contribution in [2.75, 3.05) is 0 Å². The van der Waals surface area contributed by atoms with Gasteiger partial charge in [0.1, 0.15) is 0 Å². The Labute approximate surface area is 117 Å². The summed E-state index contributed by atoms with van der Waals surface area (Å²) in [5, 5.41) is 8.24. The average Bonchev–Trinajstić information content (AvgIpc) is 3.01. The molecule has 0 aliphatic heterocycles. The van der Waals surface area contributed by atoms with E-state index in [0.717, 1.165) is 0 Å². The van der Waals surface area contributed by atoms with Gasteiger partial charge in [-0.15, -0.1) is 0 Å². The van der Waals surface area contributed by atoms with Crippen LogP contribution in [0, 0.1) is 19.7 Å². The van der Waals surface area contributed by atoms with Crippen LogP contribution in [0.5, 0.6) is 0 Å². The van der Waals surface area contributed by atoms with Crippen LogP contribution < -0.4 is 0 Å². The Hall–Kier alpha value is -1.66. The molecular formula is C14H16N4Sn. The monoisotopic (exact) mass is 360 g/mol. The summed E-state index contributed by atoms with van der Waals surface area (Å²) in [6.07, 6.45) is 7.36. The first-order valence-corrected chi connectivity index (χ1v) is 14.7. The maximum absolute atomic E-state index is 4.12. The van der Waals surface area contributed by atoms with Crippen LogP contribution in [-0.2, 0) is 13.1 Å². The molecule has 0 unspecified atom stereocenters. The molecule has 4 nitrogen and oxygen atoms in total. The Morgan fingerprint density at radius 1 is 0.895 bits per heavy atom. The fourth-order valence-corrected chi connectivity index (χ4v) is 4.65. The minimum absolute atomic E-state index is 0.647. The molecule has 0 radical (unpaired) electrons. The predicted octanol–water partition coefficient (Wildman–Crippen LogP) is 1.57. The standard InChI is InChI=1S/2C6H5N2.2CH3.Sn/c2*1-2-5-8-6-3-4-7-8;;;/h2*3-4,6H,5H2;2*1H3;. The molecule has 0 aromatic carbocycles. The van der Waals surface area contributed by atoms with Crippen LogP contribution in [0.2, 0.25) is 9.88 Å². The van der Waals surface area contributed by atoms with Crippen molar-refractivity contribution < 1.29 is 0 Å². The Bertz CT molecular complexity index is 562. The van der Waals surface area contributed by atoms with Crippen LogP contribution in [0.25, 0.3) is 0 Å². The topological polar surface area (TPSA) is 35.6 Å². The molecule has 96 valence electrons. The minimum atomic E-state index is -2.52. The third-order valence-corrected chi connectivity index (χ3v) is 6.98. The second kappa shape index (κ2) is 6.49. The van der Waals surface area contributed by atoms with E-state index in [1.807, 2.05) is 33.9 Å². The van der Waals surface area contributed by atoms with E-state index < -0.39 is 18.4 Å². The summed E-state index contributed by atoms with van der Waals surface area (Å²) in [5.74, 6) is 6.38. The van der Waals surface area contributed by atoms with Crippen LogP contribution in [-0.4, -0.2) is 37.9 Å². The first-order valence-electron chi connectivity index (χ1n) is 6.11. The molecule has 0 spiro atoms. The number of rotatable bonds is 2. The van der Waals surface area contributed by atoms with E-state index in [4.69, 9.17) is 0 Å². The number of aromatic nitrogens is 4. The Morgan fingerprint density at radius 3 is 1.74 bits per heavy atom. The van der Waals surface area contributed by atoms with Crippen LogP contribution >= 0.6 is 0 Å². The predicted molar refractivity (Wildman–Crippen MR) is 77.5 cm³/mol. The van der Waals surface area contributed by atoms with Crippen LogP contribution in [0.3, 0.4) is 0 Å². The van der Waals surface area contributed by atoms with Crippen molar-refractivity contribution in [2.45, 2.75) is 23.0 Å². The van der Waals surface area contributed by atoms with Gasteiger partial charge in [-0.3, -0.25) is 0 Å². The molecule has 2 aromatic heterocycles. The van der Waals surface area contributed by atoms with Crippen molar-refractivity contribution in [3.63, 3.8) is 0 Å². The summed E-state index contributed by atoms with van der Waals surface area (Å²) < 4.78 is 10.4. The van der Waals surface area contributed by atoms with Crippen molar-refractivity contribution in [2.24, 2.45) is 0 Å². The van der Waals surface area contributed by atoms with Gasteiger partial charge in [0.15, 0.2) is 0 Å². The summed E-state index contributed by atoms with van der Waals surface area (Å²) in [6, 6.07) is 3.81.